The normalized spacial score (nSPS) is 11.5. The molecule has 0 fully saturated rings. The van der Waals surface area contributed by atoms with Gasteiger partial charge in [-0.05, 0) is 86.3 Å². The number of para-hydroxylation sites is 1. The minimum absolute atomic E-state index is 0.702. The lowest BCUT2D eigenvalue weighted by Crippen LogP contribution is -1.97. The molecule has 10 rings (SSSR count). The van der Waals surface area contributed by atoms with E-state index < -0.39 is 0 Å². The zero-order valence-corrected chi connectivity index (χ0v) is 27.6. The number of nitrogens with zero attached hydrogens (tertiary/aromatic N) is 2. The largest absolute Gasteiger partial charge is 0.456 e. The van der Waals surface area contributed by atoms with Crippen LogP contribution >= 0.6 is 0 Å². The van der Waals surface area contributed by atoms with E-state index in [9.17, 15) is 0 Å². The zero-order valence-electron chi connectivity index (χ0n) is 27.6. The molecular formula is C48H30N2O. The van der Waals surface area contributed by atoms with Crippen molar-refractivity contribution in [2.24, 2.45) is 0 Å². The number of hydrogen-bond donors (Lipinski definition) is 0. The topological polar surface area (TPSA) is 38.9 Å². The number of benzene rings is 8. The highest BCUT2D eigenvalue weighted by Crippen LogP contribution is 2.39. The van der Waals surface area contributed by atoms with E-state index >= 15 is 0 Å². The molecule has 0 aliphatic heterocycles. The van der Waals surface area contributed by atoms with Gasteiger partial charge in [0.1, 0.15) is 11.2 Å². The Morgan fingerprint density at radius 3 is 1.78 bits per heavy atom. The van der Waals surface area contributed by atoms with Crippen molar-refractivity contribution in [3.63, 3.8) is 0 Å². The van der Waals surface area contributed by atoms with E-state index in [1.807, 2.05) is 36.4 Å². The molecule has 3 heteroatoms. The van der Waals surface area contributed by atoms with Gasteiger partial charge in [-0.1, -0.05) is 140 Å². The third-order valence-corrected chi connectivity index (χ3v) is 9.85. The molecular weight excluding hydrogens is 621 g/mol. The van der Waals surface area contributed by atoms with Crippen molar-refractivity contribution in [3.8, 4) is 56.2 Å². The van der Waals surface area contributed by atoms with Gasteiger partial charge in [0.05, 0.1) is 11.4 Å². The first kappa shape index (κ1) is 29.1. The molecule has 0 saturated heterocycles. The van der Waals surface area contributed by atoms with Crippen LogP contribution in [-0.2, 0) is 0 Å². The molecule has 51 heavy (non-hydrogen) atoms. The Labute approximate surface area is 295 Å². The first-order valence-corrected chi connectivity index (χ1v) is 17.2. The van der Waals surface area contributed by atoms with E-state index in [2.05, 4.69) is 146 Å². The van der Waals surface area contributed by atoms with Gasteiger partial charge in [-0.25, -0.2) is 9.97 Å². The number of aromatic nitrogens is 2. The SMILES string of the molecule is c1ccc(-c2cc(-c3cc(-c4ccc5cc(-c6cccc7oc8ccccc8c67)ccc5c4)nc(-c4ccccc4)n3)c3ccccc3c2)cc1. The van der Waals surface area contributed by atoms with E-state index in [-0.39, 0.29) is 0 Å². The summed E-state index contributed by atoms with van der Waals surface area (Å²) in [6.07, 6.45) is 0. The Bertz CT molecular complexity index is 2910. The molecule has 0 aliphatic carbocycles. The molecule has 2 aromatic heterocycles. The Hall–Kier alpha value is -6.84. The van der Waals surface area contributed by atoms with Crippen LogP contribution < -0.4 is 0 Å². The van der Waals surface area contributed by atoms with Crippen LogP contribution in [0.2, 0.25) is 0 Å². The van der Waals surface area contributed by atoms with Crippen LogP contribution in [0.5, 0.6) is 0 Å². The average Bonchev–Trinajstić information content (AvgIpc) is 3.60. The fourth-order valence-electron chi connectivity index (χ4n) is 7.36. The predicted molar refractivity (Wildman–Crippen MR) is 212 cm³/mol. The van der Waals surface area contributed by atoms with E-state index in [1.54, 1.807) is 0 Å². The molecule has 0 atom stereocenters. The summed E-state index contributed by atoms with van der Waals surface area (Å²) in [4.78, 5) is 10.4. The fraction of sp³-hybridized carbons (Fsp3) is 0. The molecule has 0 aliphatic rings. The number of rotatable bonds is 5. The molecule has 8 aromatic carbocycles. The van der Waals surface area contributed by atoms with Crippen molar-refractivity contribution in [3.05, 3.63) is 182 Å². The second kappa shape index (κ2) is 11.9. The summed E-state index contributed by atoms with van der Waals surface area (Å²) >= 11 is 0. The van der Waals surface area contributed by atoms with Crippen LogP contribution in [0.1, 0.15) is 0 Å². The molecule has 3 nitrogen and oxygen atoms in total. The lowest BCUT2D eigenvalue weighted by molar-refractivity contribution is 0.669. The molecule has 238 valence electrons. The summed E-state index contributed by atoms with van der Waals surface area (Å²) in [5.74, 6) is 0.702. The predicted octanol–water partition coefficient (Wildman–Crippen LogP) is 13.0. The summed E-state index contributed by atoms with van der Waals surface area (Å²) < 4.78 is 6.19. The van der Waals surface area contributed by atoms with E-state index in [1.165, 1.54) is 21.9 Å². The first-order chi connectivity index (χ1) is 25.2. The van der Waals surface area contributed by atoms with Crippen LogP contribution in [-0.4, -0.2) is 9.97 Å². The highest BCUT2D eigenvalue weighted by molar-refractivity contribution is 6.13. The summed E-state index contributed by atoms with van der Waals surface area (Å²) in [7, 11) is 0. The molecule has 0 amide bonds. The maximum Gasteiger partial charge on any atom is 0.160 e. The van der Waals surface area contributed by atoms with Crippen molar-refractivity contribution in [1.82, 2.24) is 9.97 Å². The standard InChI is InChI=1S/C48H30N2O/c1-3-12-31(13-4-1)38-28-35-16-7-8-17-39(35)42(29-38)44-30-43(49-48(50-44)32-14-5-2-6-15-32)37-25-23-33-26-36(24-22-34(33)27-37)40-19-11-21-46-47(40)41-18-9-10-20-45(41)51-46/h1-30H. The Morgan fingerprint density at radius 2 is 0.961 bits per heavy atom. The Balaban J connectivity index is 1.12. The van der Waals surface area contributed by atoms with Crippen LogP contribution in [0.25, 0.3) is 99.6 Å². The molecule has 0 bridgehead atoms. The van der Waals surface area contributed by atoms with E-state index in [0.29, 0.717) is 5.82 Å². The highest BCUT2D eigenvalue weighted by Gasteiger charge is 2.16. The van der Waals surface area contributed by atoms with Gasteiger partial charge in [-0.2, -0.15) is 0 Å². The monoisotopic (exact) mass is 650 g/mol. The molecule has 0 N–H and O–H groups in total. The molecule has 0 unspecified atom stereocenters. The van der Waals surface area contributed by atoms with Crippen molar-refractivity contribution < 1.29 is 4.42 Å². The van der Waals surface area contributed by atoms with Crippen LogP contribution in [0, 0.1) is 0 Å². The fourth-order valence-corrected chi connectivity index (χ4v) is 7.36. The Kier molecular flexibility index (Phi) is 6.81. The van der Waals surface area contributed by atoms with Gasteiger partial charge in [-0.3, -0.25) is 0 Å². The maximum atomic E-state index is 6.19. The quantitative estimate of drug-likeness (QED) is 0.186. The van der Waals surface area contributed by atoms with Gasteiger partial charge < -0.3 is 4.42 Å². The summed E-state index contributed by atoms with van der Waals surface area (Å²) in [6, 6.07) is 63.9. The van der Waals surface area contributed by atoms with Crippen molar-refractivity contribution in [1.29, 1.82) is 0 Å². The van der Waals surface area contributed by atoms with Gasteiger partial charge in [0.15, 0.2) is 5.82 Å². The first-order valence-electron chi connectivity index (χ1n) is 17.2. The van der Waals surface area contributed by atoms with Gasteiger partial charge in [0, 0.05) is 27.5 Å². The maximum absolute atomic E-state index is 6.19. The summed E-state index contributed by atoms with van der Waals surface area (Å²) in [5.41, 5.74) is 11.4. The lowest BCUT2D eigenvalue weighted by Gasteiger charge is -2.14. The van der Waals surface area contributed by atoms with Crippen LogP contribution in [0.3, 0.4) is 0 Å². The lowest BCUT2D eigenvalue weighted by atomic mass is 9.94. The van der Waals surface area contributed by atoms with Gasteiger partial charge in [-0.15, -0.1) is 0 Å². The molecule has 0 saturated carbocycles. The second-order valence-corrected chi connectivity index (χ2v) is 13.0. The average molecular weight is 651 g/mol. The summed E-state index contributed by atoms with van der Waals surface area (Å²) in [5, 5.41) is 6.94. The second-order valence-electron chi connectivity index (χ2n) is 13.0. The van der Waals surface area contributed by atoms with Gasteiger partial charge in [0.2, 0.25) is 0 Å². The molecule has 10 aromatic rings. The minimum Gasteiger partial charge on any atom is -0.456 e. The van der Waals surface area contributed by atoms with Crippen molar-refractivity contribution >= 4 is 43.5 Å². The van der Waals surface area contributed by atoms with E-state index in [4.69, 9.17) is 14.4 Å². The zero-order chi connectivity index (χ0) is 33.7. The van der Waals surface area contributed by atoms with Crippen molar-refractivity contribution in [2.75, 3.05) is 0 Å². The molecule has 0 spiro atoms. The van der Waals surface area contributed by atoms with Crippen LogP contribution in [0.15, 0.2) is 186 Å². The Morgan fingerprint density at radius 1 is 0.333 bits per heavy atom. The molecule has 2 heterocycles. The van der Waals surface area contributed by atoms with Crippen molar-refractivity contribution in [2.45, 2.75) is 0 Å². The smallest absolute Gasteiger partial charge is 0.160 e. The number of fused-ring (bicyclic) bond motifs is 5. The molecule has 0 radical (unpaired) electrons. The van der Waals surface area contributed by atoms with E-state index in [0.717, 1.165) is 71.9 Å². The minimum atomic E-state index is 0.702. The number of hydrogen-bond acceptors (Lipinski definition) is 3. The van der Waals surface area contributed by atoms with Gasteiger partial charge in [0.25, 0.3) is 0 Å². The van der Waals surface area contributed by atoms with Gasteiger partial charge >= 0.3 is 0 Å². The van der Waals surface area contributed by atoms with Crippen LogP contribution in [0.4, 0.5) is 0 Å². The highest BCUT2D eigenvalue weighted by atomic mass is 16.3. The summed E-state index contributed by atoms with van der Waals surface area (Å²) in [6.45, 7) is 0. The third-order valence-electron chi connectivity index (χ3n) is 9.85. The third kappa shape index (κ3) is 5.15. The number of furan rings is 1.